The smallest absolute Gasteiger partial charge is 0.244 e. The van der Waals surface area contributed by atoms with Crippen LogP contribution in [0.3, 0.4) is 0 Å². The Morgan fingerprint density at radius 1 is 0.976 bits per heavy atom. The molecule has 4 saturated carbocycles. The van der Waals surface area contributed by atoms with Crippen molar-refractivity contribution in [3.05, 3.63) is 65.2 Å². The van der Waals surface area contributed by atoms with Gasteiger partial charge in [0.15, 0.2) is 0 Å². The van der Waals surface area contributed by atoms with E-state index in [0.29, 0.717) is 5.69 Å². The summed E-state index contributed by atoms with van der Waals surface area (Å²) in [6.45, 7) is 7.43. The maximum Gasteiger partial charge on any atom is 0.244 e. The van der Waals surface area contributed by atoms with Crippen LogP contribution in [-0.4, -0.2) is 50.0 Å². The van der Waals surface area contributed by atoms with E-state index in [1.165, 1.54) is 53.3 Å². The normalized spacial score (nSPS) is 26.0. The molecule has 0 aliphatic heterocycles. The lowest BCUT2D eigenvalue weighted by Gasteiger charge is -2.57. The van der Waals surface area contributed by atoms with Crippen molar-refractivity contribution in [2.75, 3.05) is 17.1 Å². The number of aryl methyl sites for hydroxylation is 1. The predicted molar refractivity (Wildman–Crippen MR) is 168 cm³/mol. The zero-order valence-electron chi connectivity index (χ0n) is 25.8. The van der Waals surface area contributed by atoms with Gasteiger partial charge in [0.25, 0.3) is 0 Å². The van der Waals surface area contributed by atoms with Crippen molar-refractivity contribution < 1.29 is 18.0 Å². The van der Waals surface area contributed by atoms with Gasteiger partial charge in [0.05, 0.1) is 11.9 Å². The number of amides is 2. The van der Waals surface area contributed by atoms with E-state index >= 15 is 0 Å². The van der Waals surface area contributed by atoms with Crippen LogP contribution >= 0.6 is 0 Å². The lowest BCUT2D eigenvalue weighted by molar-refractivity contribution is -0.139. The van der Waals surface area contributed by atoms with Gasteiger partial charge >= 0.3 is 0 Å². The van der Waals surface area contributed by atoms with E-state index in [1.807, 2.05) is 57.2 Å². The van der Waals surface area contributed by atoms with Crippen molar-refractivity contribution in [2.24, 2.45) is 17.8 Å². The molecule has 1 N–H and O–H groups in total. The van der Waals surface area contributed by atoms with E-state index < -0.39 is 22.0 Å². The van der Waals surface area contributed by atoms with Crippen LogP contribution in [0.25, 0.3) is 0 Å². The van der Waals surface area contributed by atoms with Gasteiger partial charge in [-0.25, -0.2) is 8.42 Å². The molecule has 0 spiro atoms. The summed E-state index contributed by atoms with van der Waals surface area (Å²) in [5.74, 6) is 1.79. The molecule has 42 heavy (non-hydrogen) atoms. The highest BCUT2D eigenvalue weighted by molar-refractivity contribution is 7.92. The van der Waals surface area contributed by atoms with Gasteiger partial charge in [-0.05, 0) is 112 Å². The lowest BCUT2D eigenvalue weighted by Crippen LogP contribution is -2.52. The van der Waals surface area contributed by atoms with E-state index in [-0.39, 0.29) is 30.5 Å². The second-order valence-corrected chi connectivity index (χ2v) is 15.4. The molecule has 2 aromatic carbocycles. The first-order chi connectivity index (χ1) is 19.9. The average molecular weight is 594 g/mol. The highest BCUT2D eigenvalue weighted by Crippen LogP contribution is 2.60. The predicted octanol–water partition coefficient (Wildman–Crippen LogP) is 5.56. The maximum absolute atomic E-state index is 13.9. The van der Waals surface area contributed by atoms with Crippen molar-refractivity contribution in [1.82, 2.24) is 10.2 Å². The third-order valence-electron chi connectivity index (χ3n) is 10.1. The van der Waals surface area contributed by atoms with Crippen LogP contribution in [0.2, 0.25) is 0 Å². The van der Waals surface area contributed by atoms with Gasteiger partial charge in [-0.2, -0.15) is 0 Å². The first-order valence-electron chi connectivity index (χ1n) is 15.6. The van der Waals surface area contributed by atoms with E-state index in [2.05, 4.69) is 17.4 Å². The first-order valence-corrected chi connectivity index (χ1v) is 17.5. The molecule has 0 unspecified atom stereocenters. The molecular weight excluding hydrogens is 546 g/mol. The molecule has 0 aromatic heterocycles. The number of benzene rings is 2. The molecule has 0 radical (unpaired) electrons. The molecule has 8 heteroatoms. The summed E-state index contributed by atoms with van der Waals surface area (Å²) in [5, 5.41) is 2.97. The number of hydrogen-bond acceptors (Lipinski definition) is 4. The minimum Gasteiger partial charge on any atom is -0.352 e. The van der Waals surface area contributed by atoms with Crippen LogP contribution in [0.5, 0.6) is 0 Å². The molecular formula is C34H47N3O4S. The topological polar surface area (TPSA) is 86.8 Å². The summed E-state index contributed by atoms with van der Waals surface area (Å²) in [6.07, 6.45) is 9.71. The lowest BCUT2D eigenvalue weighted by atomic mass is 9.48. The molecule has 2 amide bonds. The third kappa shape index (κ3) is 6.53. The van der Waals surface area contributed by atoms with E-state index in [9.17, 15) is 18.0 Å². The van der Waals surface area contributed by atoms with Gasteiger partial charge in [-0.3, -0.25) is 13.9 Å². The Morgan fingerprint density at radius 2 is 1.57 bits per heavy atom. The van der Waals surface area contributed by atoms with Gasteiger partial charge in [0.2, 0.25) is 21.8 Å². The minimum absolute atomic E-state index is 0.0316. The van der Waals surface area contributed by atoms with Crippen molar-refractivity contribution in [3.8, 4) is 0 Å². The number of rotatable bonds is 11. The van der Waals surface area contributed by atoms with Crippen LogP contribution in [0, 0.1) is 24.7 Å². The van der Waals surface area contributed by atoms with Crippen LogP contribution in [0.1, 0.15) is 82.4 Å². The van der Waals surface area contributed by atoms with Gasteiger partial charge in [-0.1, -0.05) is 48.9 Å². The molecule has 7 nitrogen and oxygen atoms in total. The second-order valence-electron chi connectivity index (χ2n) is 13.5. The molecule has 2 atom stereocenters. The fraction of sp³-hybridized carbons (Fsp3) is 0.588. The molecule has 2 aromatic rings. The van der Waals surface area contributed by atoms with Crippen molar-refractivity contribution in [3.63, 3.8) is 0 Å². The quantitative estimate of drug-likeness (QED) is 0.370. The van der Waals surface area contributed by atoms with Crippen LogP contribution in [-0.2, 0) is 31.6 Å². The van der Waals surface area contributed by atoms with Crippen molar-refractivity contribution >= 4 is 27.5 Å². The minimum atomic E-state index is -3.77. The van der Waals surface area contributed by atoms with Crippen molar-refractivity contribution in [2.45, 2.75) is 96.7 Å². The van der Waals surface area contributed by atoms with Gasteiger partial charge in [-0.15, -0.1) is 0 Å². The molecule has 4 aliphatic carbocycles. The highest BCUT2D eigenvalue weighted by atomic mass is 32.2. The number of anilines is 1. The Kier molecular flexibility index (Phi) is 8.75. The maximum atomic E-state index is 13.9. The summed E-state index contributed by atoms with van der Waals surface area (Å²) in [7, 11) is -3.77. The number of carbonyl (C=O) groups excluding carboxylic acids is 2. The largest absolute Gasteiger partial charge is 0.352 e. The Labute approximate surface area is 252 Å². The summed E-state index contributed by atoms with van der Waals surface area (Å²) < 4.78 is 27.3. The monoisotopic (exact) mass is 593 g/mol. The van der Waals surface area contributed by atoms with E-state index in [1.54, 1.807) is 6.92 Å². The Bertz CT molecular complexity index is 1370. The first kappa shape index (κ1) is 30.6. The molecule has 6 rings (SSSR count). The van der Waals surface area contributed by atoms with E-state index in [4.69, 9.17) is 0 Å². The van der Waals surface area contributed by atoms with Crippen LogP contribution in [0.4, 0.5) is 5.69 Å². The van der Waals surface area contributed by atoms with Gasteiger partial charge < -0.3 is 10.2 Å². The Balaban J connectivity index is 1.38. The van der Waals surface area contributed by atoms with Gasteiger partial charge in [0, 0.05) is 12.6 Å². The van der Waals surface area contributed by atoms with Crippen LogP contribution in [0.15, 0.2) is 48.5 Å². The summed E-state index contributed by atoms with van der Waals surface area (Å²) in [5.41, 5.74) is 3.93. The van der Waals surface area contributed by atoms with Gasteiger partial charge in [0.1, 0.15) is 12.6 Å². The number of sulfonamides is 1. The summed E-state index contributed by atoms with van der Waals surface area (Å²) in [6, 6.07) is 14.9. The standard InChI is InChI=1S/C34H47N3O4S/c1-6-24(3)35-33(39)25(4)36(21-26-9-7-8-23(2)14-26)32(38)22-37(42(5,40)41)31-12-10-30(11-13-31)34-18-27-15-28(19-34)17-29(16-27)20-34/h7-14,24-25,27-29H,6,15-22H2,1-5H3,(H,35,39)/t24-,25-,27?,28?,29?,34?/m1/s1. The zero-order valence-corrected chi connectivity index (χ0v) is 26.6. The molecule has 0 heterocycles. The number of nitrogens with one attached hydrogen (secondary N) is 1. The Morgan fingerprint density at radius 3 is 2.10 bits per heavy atom. The van der Waals surface area contributed by atoms with E-state index in [0.717, 1.165) is 41.6 Å². The zero-order chi connectivity index (χ0) is 30.2. The number of nitrogens with zero attached hydrogens (tertiary/aromatic N) is 2. The molecule has 4 fully saturated rings. The SMILES string of the molecule is CC[C@@H](C)NC(=O)[C@@H](C)N(Cc1cccc(C)c1)C(=O)CN(c1ccc(C23CC4CC(CC(C4)C2)C3)cc1)S(C)(=O)=O. The van der Waals surface area contributed by atoms with Crippen LogP contribution < -0.4 is 9.62 Å². The van der Waals surface area contributed by atoms with Crippen molar-refractivity contribution in [1.29, 1.82) is 0 Å². The highest BCUT2D eigenvalue weighted by Gasteiger charge is 2.51. The fourth-order valence-electron chi connectivity index (χ4n) is 8.11. The molecule has 0 saturated heterocycles. The molecule has 228 valence electrons. The second kappa shape index (κ2) is 12.0. The Hall–Kier alpha value is -2.87. The average Bonchev–Trinajstić information content (AvgIpc) is 2.93. The fourth-order valence-corrected chi connectivity index (χ4v) is 8.96. The molecule has 4 bridgehead atoms. The summed E-state index contributed by atoms with van der Waals surface area (Å²) in [4.78, 5) is 28.5. The number of carbonyl (C=O) groups is 2. The number of hydrogen-bond donors (Lipinski definition) is 1. The third-order valence-corrected chi connectivity index (χ3v) is 11.2. The summed E-state index contributed by atoms with van der Waals surface area (Å²) >= 11 is 0. The molecule has 4 aliphatic rings.